The highest BCUT2D eigenvalue weighted by molar-refractivity contribution is 7.99. The second-order valence-electron chi connectivity index (χ2n) is 6.51. The molecule has 2 aromatic rings. The first kappa shape index (κ1) is 21.0. The van der Waals surface area contributed by atoms with E-state index in [0.717, 1.165) is 23.9 Å². The van der Waals surface area contributed by atoms with Gasteiger partial charge in [-0.3, -0.25) is 4.79 Å². The van der Waals surface area contributed by atoms with Crippen molar-refractivity contribution in [1.29, 1.82) is 0 Å². The van der Waals surface area contributed by atoms with Crippen LogP contribution in [0.4, 0.5) is 11.5 Å². The molecule has 0 spiro atoms. The summed E-state index contributed by atoms with van der Waals surface area (Å²) in [6.07, 6.45) is 5.20. The number of hydrogen-bond acceptors (Lipinski definition) is 8. The quantitative estimate of drug-likeness (QED) is 0.517. The maximum absolute atomic E-state index is 12.4. The Hall–Kier alpha value is -2.68. The zero-order valence-corrected chi connectivity index (χ0v) is 17.8. The van der Waals surface area contributed by atoms with E-state index in [4.69, 9.17) is 14.2 Å². The van der Waals surface area contributed by atoms with Crippen LogP contribution in [0.1, 0.15) is 19.3 Å². The largest absolute Gasteiger partial charge is 0.493 e. The molecule has 9 heteroatoms. The van der Waals surface area contributed by atoms with Gasteiger partial charge >= 0.3 is 0 Å². The highest BCUT2D eigenvalue weighted by atomic mass is 32.2. The number of carbonyl (C=O) groups excluding carboxylic acids is 1. The van der Waals surface area contributed by atoms with Gasteiger partial charge < -0.3 is 24.4 Å². The molecule has 0 saturated carbocycles. The van der Waals surface area contributed by atoms with Crippen LogP contribution in [0.25, 0.3) is 0 Å². The Morgan fingerprint density at radius 3 is 2.34 bits per heavy atom. The summed E-state index contributed by atoms with van der Waals surface area (Å²) in [4.78, 5) is 23.3. The Morgan fingerprint density at radius 1 is 1.03 bits per heavy atom. The first-order valence-corrected chi connectivity index (χ1v) is 10.4. The van der Waals surface area contributed by atoms with E-state index >= 15 is 0 Å². The number of amides is 1. The lowest BCUT2D eigenvalue weighted by Gasteiger charge is -2.27. The molecule has 1 saturated heterocycles. The fourth-order valence-corrected chi connectivity index (χ4v) is 3.86. The lowest BCUT2D eigenvalue weighted by atomic mass is 10.1. The summed E-state index contributed by atoms with van der Waals surface area (Å²) < 4.78 is 15.9. The molecule has 29 heavy (non-hydrogen) atoms. The number of nitrogens with zero attached hydrogens (tertiary/aromatic N) is 3. The van der Waals surface area contributed by atoms with Crippen LogP contribution in [-0.4, -0.2) is 56.0 Å². The van der Waals surface area contributed by atoms with Gasteiger partial charge in [-0.25, -0.2) is 9.97 Å². The molecule has 8 nitrogen and oxygen atoms in total. The van der Waals surface area contributed by atoms with Gasteiger partial charge in [-0.1, -0.05) is 11.8 Å². The van der Waals surface area contributed by atoms with Crippen LogP contribution in [-0.2, 0) is 4.79 Å². The lowest BCUT2D eigenvalue weighted by molar-refractivity contribution is -0.113. The van der Waals surface area contributed by atoms with Crippen LogP contribution in [0.2, 0.25) is 0 Å². The van der Waals surface area contributed by atoms with Gasteiger partial charge in [0.2, 0.25) is 11.7 Å². The first-order valence-electron chi connectivity index (χ1n) is 9.44. The molecule has 0 atom stereocenters. The van der Waals surface area contributed by atoms with Crippen molar-refractivity contribution in [3.8, 4) is 17.2 Å². The summed E-state index contributed by atoms with van der Waals surface area (Å²) in [5.41, 5.74) is 0.571. The highest BCUT2D eigenvalue weighted by Crippen LogP contribution is 2.40. The molecular weight excluding hydrogens is 392 g/mol. The lowest BCUT2D eigenvalue weighted by Crippen LogP contribution is -2.30. The zero-order chi connectivity index (χ0) is 20.6. The summed E-state index contributed by atoms with van der Waals surface area (Å²) in [6, 6.07) is 5.34. The van der Waals surface area contributed by atoms with E-state index in [1.165, 1.54) is 52.4 Å². The third kappa shape index (κ3) is 5.44. The van der Waals surface area contributed by atoms with Crippen LogP contribution in [0.15, 0.2) is 29.6 Å². The third-order valence-electron chi connectivity index (χ3n) is 4.61. The summed E-state index contributed by atoms with van der Waals surface area (Å²) >= 11 is 1.38. The van der Waals surface area contributed by atoms with Crippen LogP contribution < -0.4 is 24.4 Å². The molecular formula is C20H26N4O4S. The average Bonchev–Trinajstić information content (AvgIpc) is 2.77. The van der Waals surface area contributed by atoms with Crippen LogP contribution in [0, 0.1) is 0 Å². The van der Waals surface area contributed by atoms with E-state index in [0.29, 0.717) is 22.9 Å². The van der Waals surface area contributed by atoms with Crippen molar-refractivity contribution in [1.82, 2.24) is 9.97 Å². The molecule has 1 N–H and O–H groups in total. The highest BCUT2D eigenvalue weighted by Gasteiger charge is 2.16. The number of nitrogens with one attached hydrogen (secondary N) is 1. The van der Waals surface area contributed by atoms with Crippen LogP contribution >= 0.6 is 11.8 Å². The smallest absolute Gasteiger partial charge is 0.234 e. The maximum Gasteiger partial charge on any atom is 0.234 e. The molecule has 1 fully saturated rings. The topological polar surface area (TPSA) is 85.8 Å². The van der Waals surface area contributed by atoms with Crippen molar-refractivity contribution in [3.05, 3.63) is 24.5 Å². The van der Waals surface area contributed by atoms with E-state index in [9.17, 15) is 4.79 Å². The van der Waals surface area contributed by atoms with E-state index in [2.05, 4.69) is 20.2 Å². The van der Waals surface area contributed by atoms with Gasteiger partial charge in [0.15, 0.2) is 11.5 Å². The van der Waals surface area contributed by atoms with Gasteiger partial charge in [-0.15, -0.1) is 0 Å². The Morgan fingerprint density at radius 2 is 1.72 bits per heavy atom. The van der Waals surface area contributed by atoms with Crippen LogP contribution in [0.5, 0.6) is 17.2 Å². The van der Waals surface area contributed by atoms with Gasteiger partial charge in [0.25, 0.3) is 0 Å². The normalized spacial score (nSPS) is 13.7. The molecule has 2 heterocycles. The number of piperidine rings is 1. The van der Waals surface area contributed by atoms with Crippen molar-refractivity contribution in [3.63, 3.8) is 0 Å². The summed E-state index contributed by atoms with van der Waals surface area (Å²) in [5, 5.41) is 3.64. The number of methoxy groups -OCH3 is 3. The van der Waals surface area contributed by atoms with Gasteiger partial charge in [-0.2, -0.15) is 0 Å². The minimum Gasteiger partial charge on any atom is -0.493 e. The molecule has 1 aromatic carbocycles. The molecule has 0 unspecified atom stereocenters. The van der Waals surface area contributed by atoms with Gasteiger partial charge in [0.1, 0.15) is 17.2 Å². The number of thioether (sulfide) groups is 1. The fraction of sp³-hybridized carbons (Fsp3) is 0.450. The predicted octanol–water partition coefficient (Wildman–Crippen LogP) is 3.22. The first-order chi connectivity index (χ1) is 14.1. The maximum atomic E-state index is 12.4. The minimum atomic E-state index is -0.151. The molecule has 1 aliphatic heterocycles. The molecule has 3 rings (SSSR count). The van der Waals surface area contributed by atoms with Gasteiger partial charge in [0, 0.05) is 37.0 Å². The fourth-order valence-electron chi connectivity index (χ4n) is 3.19. The Bertz CT molecular complexity index is 818. The average molecular weight is 419 g/mol. The summed E-state index contributed by atoms with van der Waals surface area (Å²) in [7, 11) is 4.61. The Labute approximate surface area is 175 Å². The predicted molar refractivity (Wildman–Crippen MR) is 114 cm³/mol. The third-order valence-corrected chi connectivity index (χ3v) is 5.53. The second-order valence-corrected chi connectivity index (χ2v) is 7.51. The molecule has 0 radical (unpaired) electrons. The van der Waals surface area contributed by atoms with Crippen molar-refractivity contribution < 1.29 is 19.0 Å². The van der Waals surface area contributed by atoms with Crippen molar-refractivity contribution in [2.75, 3.05) is 50.4 Å². The van der Waals surface area contributed by atoms with E-state index < -0.39 is 0 Å². The van der Waals surface area contributed by atoms with Crippen molar-refractivity contribution in [2.24, 2.45) is 0 Å². The second kappa shape index (κ2) is 10.2. The van der Waals surface area contributed by atoms with Gasteiger partial charge in [-0.05, 0) is 19.3 Å². The summed E-state index contributed by atoms with van der Waals surface area (Å²) in [5.74, 6) is 2.45. The molecule has 1 amide bonds. The standard InChI is InChI=1S/C20H26N4O4S/c1-26-15-9-14(10-16(27-2)20(15)28-3)23-18(25)12-29-19-11-17(21-13-22-19)24-7-5-4-6-8-24/h9-11,13H,4-8,12H2,1-3H3,(H,23,25). The number of benzene rings is 1. The molecule has 0 bridgehead atoms. The Kier molecular flexibility index (Phi) is 7.40. The van der Waals surface area contributed by atoms with E-state index in [-0.39, 0.29) is 11.7 Å². The van der Waals surface area contributed by atoms with E-state index in [1.54, 1.807) is 18.5 Å². The number of hydrogen-bond donors (Lipinski definition) is 1. The van der Waals surface area contributed by atoms with E-state index in [1.807, 2.05) is 6.07 Å². The summed E-state index contributed by atoms with van der Waals surface area (Å²) in [6.45, 7) is 2.03. The molecule has 0 aliphatic carbocycles. The number of anilines is 2. The van der Waals surface area contributed by atoms with Crippen molar-refractivity contribution >= 4 is 29.2 Å². The van der Waals surface area contributed by atoms with Crippen molar-refractivity contribution in [2.45, 2.75) is 24.3 Å². The number of ether oxygens (including phenoxy) is 3. The minimum absolute atomic E-state index is 0.151. The number of rotatable bonds is 8. The SMILES string of the molecule is COc1cc(NC(=O)CSc2cc(N3CCCCC3)ncn2)cc(OC)c1OC. The molecule has 156 valence electrons. The van der Waals surface area contributed by atoms with Gasteiger partial charge in [0.05, 0.1) is 27.1 Å². The molecule has 1 aliphatic rings. The molecule has 1 aromatic heterocycles. The number of aromatic nitrogens is 2. The van der Waals surface area contributed by atoms with Crippen LogP contribution in [0.3, 0.4) is 0 Å². The monoisotopic (exact) mass is 418 g/mol. The Balaban J connectivity index is 1.61. The number of carbonyl (C=O) groups is 1. The zero-order valence-electron chi connectivity index (χ0n) is 16.9.